The van der Waals surface area contributed by atoms with Gasteiger partial charge in [0.2, 0.25) is 0 Å². The van der Waals surface area contributed by atoms with Gasteiger partial charge in [-0.1, -0.05) is 12.2 Å². The smallest absolute Gasteiger partial charge is 0.330 e. The minimum Gasteiger partial charge on any atom is -0.459 e. The van der Waals surface area contributed by atoms with E-state index < -0.39 is 18.2 Å². The second-order valence-electron chi connectivity index (χ2n) is 3.29. The highest BCUT2D eigenvalue weighted by Crippen LogP contribution is 2.07. The van der Waals surface area contributed by atoms with Crippen LogP contribution in [0.5, 0.6) is 0 Å². The predicted molar refractivity (Wildman–Crippen MR) is 50.5 cm³/mol. The van der Waals surface area contributed by atoms with E-state index in [0.29, 0.717) is 6.42 Å². The highest BCUT2D eigenvalue weighted by Gasteiger charge is 2.12. The molecule has 78 valence electrons. The molecule has 0 bridgehead atoms. The van der Waals surface area contributed by atoms with Crippen molar-refractivity contribution in [3.63, 3.8) is 0 Å². The van der Waals surface area contributed by atoms with Gasteiger partial charge in [-0.2, -0.15) is 0 Å². The fourth-order valence-electron chi connectivity index (χ4n) is 1.19. The summed E-state index contributed by atoms with van der Waals surface area (Å²) in [5, 5.41) is 18.6. The number of ether oxygens (including phenoxy) is 1. The summed E-state index contributed by atoms with van der Waals surface area (Å²) < 4.78 is 4.91. The SMILES string of the molecule is C[C@@H]1C[C@@H](O)/C=C\[C@H](O)/C=C\C(=O)O1. The summed E-state index contributed by atoms with van der Waals surface area (Å²) >= 11 is 0. The Kier molecular flexibility index (Phi) is 3.85. The number of rotatable bonds is 0. The van der Waals surface area contributed by atoms with Gasteiger partial charge in [-0.25, -0.2) is 4.79 Å². The van der Waals surface area contributed by atoms with Crippen molar-refractivity contribution in [2.75, 3.05) is 0 Å². The maximum Gasteiger partial charge on any atom is 0.330 e. The van der Waals surface area contributed by atoms with E-state index in [2.05, 4.69) is 0 Å². The van der Waals surface area contributed by atoms with E-state index in [1.807, 2.05) is 0 Å². The Morgan fingerprint density at radius 1 is 1.36 bits per heavy atom. The Labute approximate surface area is 82.5 Å². The third-order valence-electron chi connectivity index (χ3n) is 1.85. The lowest BCUT2D eigenvalue weighted by molar-refractivity contribution is -0.143. The molecule has 0 saturated heterocycles. The molecule has 4 heteroatoms. The Morgan fingerprint density at radius 3 is 2.79 bits per heavy atom. The first-order chi connectivity index (χ1) is 6.58. The number of esters is 1. The van der Waals surface area contributed by atoms with Crippen LogP contribution in [0.15, 0.2) is 24.3 Å². The minimum atomic E-state index is -0.856. The van der Waals surface area contributed by atoms with Crippen LogP contribution in [0.1, 0.15) is 13.3 Å². The highest BCUT2D eigenvalue weighted by molar-refractivity contribution is 5.82. The molecule has 1 heterocycles. The fourth-order valence-corrected chi connectivity index (χ4v) is 1.19. The van der Waals surface area contributed by atoms with Crippen LogP contribution in [0.25, 0.3) is 0 Å². The van der Waals surface area contributed by atoms with Crippen molar-refractivity contribution in [2.45, 2.75) is 31.7 Å². The normalized spacial score (nSPS) is 38.5. The first kappa shape index (κ1) is 10.9. The van der Waals surface area contributed by atoms with Crippen LogP contribution in [0.2, 0.25) is 0 Å². The predicted octanol–water partition coefficient (Wildman–Crippen LogP) is 0.156. The fraction of sp³-hybridized carbons (Fsp3) is 0.500. The summed E-state index contributed by atoms with van der Waals surface area (Å²) in [6.45, 7) is 1.71. The van der Waals surface area contributed by atoms with Crippen LogP contribution in [-0.4, -0.2) is 34.5 Å². The molecule has 14 heavy (non-hydrogen) atoms. The molecule has 1 rings (SSSR count). The molecule has 0 aliphatic carbocycles. The molecule has 0 radical (unpaired) electrons. The van der Waals surface area contributed by atoms with Gasteiger partial charge in [0.15, 0.2) is 0 Å². The first-order valence-electron chi connectivity index (χ1n) is 4.51. The monoisotopic (exact) mass is 198 g/mol. The van der Waals surface area contributed by atoms with Crippen LogP contribution in [0, 0.1) is 0 Å². The standard InChI is InChI=1S/C10H14O4/c1-7-6-9(12)3-2-8(11)4-5-10(13)14-7/h2-5,7-9,11-12H,6H2,1H3/b3-2-,5-4-/t7-,8+,9+/m1/s1. The molecule has 1 aliphatic heterocycles. The summed E-state index contributed by atoms with van der Waals surface area (Å²) in [5.41, 5.74) is 0. The number of hydrogen-bond acceptors (Lipinski definition) is 4. The zero-order valence-corrected chi connectivity index (χ0v) is 7.96. The lowest BCUT2D eigenvalue weighted by atomic mass is 10.1. The summed E-state index contributed by atoms with van der Waals surface area (Å²) in [6.07, 6.45) is 3.87. The van der Waals surface area contributed by atoms with Gasteiger partial charge in [-0.05, 0) is 13.0 Å². The average Bonchev–Trinajstić information content (AvgIpc) is 2.10. The van der Waals surface area contributed by atoms with Gasteiger partial charge in [-0.15, -0.1) is 0 Å². The molecule has 3 atom stereocenters. The first-order valence-corrected chi connectivity index (χ1v) is 4.51. The Bertz CT molecular complexity index is 257. The molecular formula is C10H14O4. The molecule has 2 N–H and O–H groups in total. The lowest BCUT2D eigenvalue weighted by Gasteiger charge is -2.15. The largest absolute Gasteiger partial charge is 0.459 e. The molecule has 0 unspecified atom stereocenters. The molecule has 0 spiro atoms. The van der Waals surface area contributed by atoms with Crippen LogP contribution < -0.4 is 0 Å². The number of cyclic esters (lactones) is 1. The number of carbonyl (C=O) groups is 1. The van der Waals surface area contributed by atoms with E-state index in [1.165, 1.54) is 24.3 Å². The lowest BCUT2D eigenvalue weighted by Crippen LogP contribution is -2.20. The van der Waals surface area contributed by atoms with Gasteiger partial charge in [0.1, 0.15) is 6.10 Å². The minimum absolute atomic E-state index is 0.331. The van der Waals surface area contributed by atoms with Gasteiger partial charge in [0.25, 0.3) is 0 Å². The summed E-state index contributed by atoms with van der Waals surface area (Å²) in [5.74, 6) is -0.501. The molecule has 0 aromatic carbocycles. The Hall–Kier alpha value is -1.13. The third kappa shape index (κ3) is 3.72. The van der Waals surface area contributed by atoms with Crippen LogP contribution in [0.3, 0.4) is 0 Å². The zero-order chi connectivity index (χ0) is 10.6. The van der Waals surface area contributed by atoms with Crippen LogP contribution in [0.4, 0.5) is 0 Å². The summed E-state index contributed by atoms with van der Waals surface area (Å²) in [6, 6.07) is 0. The topological polar surface area (TPSA) is 66.8 Å². The van der Waals surface area contributed by atoms with Crippen LogP contribution >= 0.6 is 0 Å². The second-order valence-corrected chi connectivity index (χ2v) is 3.29. The van der Waals surface area contributed by atoms with Gasteiger partial charge < -0.3 is 14.9 Å². The molecule has 0 saturated carbocycles. The maximum atomic E-state index is 11.0. The quantitative estimate of drug-likeness (QED) is 0.429. The second kappa shape index (κ2) is 4.93. The third-order valence-corrected chi connectivity index (χ3v) is 1.85. The summed E-state index contributed by atoms with van der Waals surface area (Å²) in [4.78, 5) is 11.0. The molecule has 0 fully saturated rings. The van der Waals surface area contributed by atoms with Gasteiger partial charge in [0, 0.05) is 12.5 Å². The van der Waals surface area contributed by atoms with Crippen molar-refractivity contribution in [3.05, 3.63) is 24.3 Å². The van der Waals surface area contributed by atoms with E-state index in [-0.39, 0.29) is 6.10 Å². The molecule has 0 aromatic rings. The van der Waals surface area contributed by atoms with Crippen LogP contribution in [-0.2, 0) is 9.53 Å². The van der Waals surface area contributed by atoms with Crippen molar-refractivity contribution in [1.29, 1.82) is 0 Å². The number of aliphatic hydroxyl groups is 2. The maximum absolute atomic E-state index is 11.0. The van der Waals surface area contributed by atoms with E-state index in [0.717, 1.165) is 0 Å². The molecule has 4 nitrogen and oxygen atoms in total. The van der Waals surface area contributed by atoms with E-state index in [9.17, 15) is 15.0 Å². The highest BCUT2D eigenvalue weighted by atomic mass is 16.5. The number of hydrogen-bond donors (Lipinski definition) is 2. The zero-order valence-electron chi connectivity index (χ0n) is 7.96. The van der Waals surface area contributed by atoms with E-state index in [4.69, 9.17) is 4.74 Å². The van der Waals surface area contributed by atoms with E-state index in [1.54, 1.807) is 6.92 Å². The van der Waals surface area contributed by atoms with Crippen molar-refractivity contribution in [2.24, 2.45) is 0 Å². The molecular weight excluding hydrogens is 184 g/mol. The van der Waals surface area contributed by atoms with Gasteiger partial charge in [-0.3, -0.25) is 0 Å². The van der Waals surface area contributed by atoms with Crippen molar-refractivity contribution >= 4 is 5.97 Å². The molecule has 0 amide bonds. The van der Waals surface area contributed by atoms with E-state index >= 15 is 0 Å². The van der Waals surface area contributed by atoms with Crippen molar-refractivity contribution in [1.82, 2.24) is 0 Å². The van der Waals surface area contributed by atoms with Crippen molar-refractivity contribution < 1.29 is 19.7 Å². The molecule has 0 aromatic heterocycles. The Morgan fingerprint density at radius 2 is 2.07 bits per heavy atom. The average molecular weight is 198 g/mol. The number of carbonyl (C=O) groups excluding carboxylic acids is 1. The van der Waals surface area contributed by atoms with Gasteiger partial charge in [0.05, 0.1) is 12.2 Å². The molecule has 1 aliphatic rings. The summed E-state index contributed by atoms with van der Waals surface area (Å²) in [7, 11) is 0. The van der Waals surface area contributed by atoms with Gasteiger partial charge >= 0.3 is 5.97 Å². The van der Waals surface area contributed by atoms with Crippen molar-refractivity contribution in [3.8, 4) is 0 Å². The Balaban J connectivity index is 2.72. The number of aliphatic hydroxyl groups excluding tert-OH is 2.